The van der Waals surface area contributed by atoms with Gasteiger partial charge in [-0.3, -0.25) is 9.59 Å². The van der Waals surface area contributed by atoms with E-state index in [2.05, 4.69) is 6.07 Å². The van der Waals surface area contributed by atoms with Crippen LogP contribution in [0.15, 0.2) is 24.3 Å². The summed E-state index contributed by atoms with van der Waals surface area (Å²) >= 11 is 0. The average Bonchev–Trinajstić information content (AvgIpc) is 2.55. The number of piperidine rings is 1. The van der Waals surface area contributed by atoms with Crippen LogP contribution in [0.1, 0.15) is 44.2 Å². The summed E-state index contributed by atoms with van der Waals surface area (Å²) < 4.78 is 0. The van der Waals surface area contributed by atoms with E-state index in [1.54, 1.807) is 21.9 Å². The second-order valence-electron chi connectivity index (χ2n) is 6.20. The minimum absolute atomic E-state index is 0.0281. The molecule has 0 radical (unpaired) electrons. The zero-order chi connectivity index (χ0) is 16.8. The first-order valence-electron chi connectivity index (χ1n) is 8.07. The summed E-state index contributed by atoms with van der Waals surface area (Å²) in [6, 6.07) is 9.39. The molecule has 1 heterocycles. The number of hydrogen-bond donors (Lipinski definition) is 0. The summed E-state index contributed by atoms with van der Waals surface area (Å²) in [5.74, 6) is 0.0475. The second kappa shape index (κ2) is 7.77. The van der Waals surface area contributed by atoms with Crippen LogP contribution in [0.25, 0.3) is 0 Å². The summed E-state index contributed by atoms with van der Waals surface area (Å²) in [4.78, 5) is 27.9. The van der Waals surface area contributed by atoms with E-state index in [-0.39, 0.29) is 24.4 Å². The van der Waals surface area contributed by atoms with Crippen molar-refractivity contribution in [1.82, 2.24) is 9.80 Å². The molecule has 1 aromatic rings. The van der Waals surface area contributed by atoms with E-state index >= 15 is 0 Å². The Balaban J connectivity index is 2.03. The Morgan fingerprint density at radius 3 is 2.57 bits per heavy atom. The lowest BCUT2D eigenvalue weighted by Crippen LogP contribution is -2.46. The molecule has 1 aliphatic heterocycles. The van der Waals surface area contributed by atoms with Crippen LogP contribution in [-0.4, -0.2) is 40.7 Å². The molecule has 23 heavy (non-hydrogen) atoms. The summed E-state index contributed by atoms with van der Waals surface area (Å²) in [7, 11) is 0. The van der Waals surface area contributed by atoms with Gasteiger partial charge in [0, 0.05) is 25.6 Å². The highest BCUT2D eigenvalue weighted by molar-refractivity contribution is 5.85. The molecule has 2 rings (SSSR count). The van der Waals surface area contributed by atoms with Crippen LogP contribution in [-0.2, 0) is 16.1 Å². The number of carbonyl (C=O) groups is 2. The number of hydrogen-bond acceptors (Lipinski definition) is 3. The van der Waals surface area contributed by atoms with Gasteiger partial charge in [-0.1, -0.05) is 12.1 Å². The van der Waals surface area contributed by atoms with E-state index < -0.39 is 0 Å². The van der Waals surface area contributed by atoms with Crippen molar-refractivity contribution >= 4 is 11.8 Å². The molecule has 5 nitrogen and oxygen atoms in total. The minimum Gasteiger partial charge on any atom is -0.334 e. The van der Waals surface area contributed by atoms with Crippen LogP contribution in [0, 0.1) is 11.3 Å². The van der Waals surface area contributed by atoms with Gasteiger partial charge in [0.2, 0.25) is 11.8 Å². The molecule has 122 valence electrons. The molecule has 0 aliphatic carbocycles. The number of likely N-dealkylation sites (tertiary alicyclic amines) is 1. The smallest absolute Gasteiger partial charge is 0.242 e. The molecule has 2 amide bonds. The predicted octanol–water partition coefficient (Wildman–Crippen LogP) is 2.31. The van der Waals surface area contributed by atoms with Crippen LogP contribution in [0.3, 0.4) is 0 Å². The summed E-state index contributed by atoms with van der Waals surface area (Å²) in [5.41, 5.74) is 1.59. The topological polar surface area (TPSA) is 64.4 Å². The normalized spacial score (nSPS) is 14.7. The third-order valence-electron chi connectivity index (χ3n) is 4.13. The maximum atomic E-state index is 12.6. The Kier molecular flexibility index (Phi) is 5.75. The first kappa shape index (κ1) is 17.0. The van der Waals surface area contributed by atoms with Gasteiger partial charge in [-0.15, -0.1) is 0 Å². The fourth-order valence-corrected chi connectivity index (χ4v) is 2.72. The summed E-state index contributed by atoms with van der Waals surface area (Å²) in [6.07, 6.45) is 2.43. The molecule has 1 saturated heterocycles. The third-order valence-corrected chi connectivity index (χ3v) is 4.13. The molecule has 1 aliphatic rings. The van der Waals surface area contributed by atoms with Gasteiger partial charge in [-0.2, -0.15) is 5.26 Å². The molecule has 0 spiro atoms. The number of amides is 2. The van der Waals surface area contributed by atoms with Crippen LogP contribution in [0.2, 0.25) is 0 Å². The molecule has 5 heteroatoms. The third kappa shape index (κ3) is 4.56. The van der Waals surface area contributed by atoms with Crippen molar-refractivity contribution in [3.8, 4) is 6.07 Å². The highest BCUT2D eigenvalue weighted by Gasteiger charge is 2.24. The molecule has 0 unspecified atom stereocenters. The molecule has 1 fully saturated rings. The van der Waals surface area contributed by atoms with E-state index in [9.17, 15) is 9.59 Å². The Bertz CT molecular complexity index is 602. The standard InChI is InChI=1S/C18H23N3O2/c1-14(2)21(12-16-8-6-15(11-19)7-9-16)18(23)13-20-10-4-3-5-17(20)22/h6-9,14H,3-5,10,12-13H2,1-2H3. The Hall–Kier alpha value is -2.35. The molecule has 0 atom stereocenters. The second-order valence-corrected chi connectivity index (χ2v) is 6.20. The van der Waals surface area contributed by atoms with Crippen molar-refractivity contribution in [2.45, 2.75) is 45.7 Å². The number of carbonyl (C=O) groups excluding carboxylic acids is 2. The fraction of sp³-hybridized carbons (Fsp3) is 0.500. The lowest BCUT2D eigenvalue weighted by atomic mass is 10.1. The highest BCUT2D eigenvalue weighted by atomic mass is 16.2. The molecule has 0 bridgehead atoms. The van der Waals surface area contributed by atoms with Gasteiger partial charge >= 0.3 is 0 Å². The van der Waals surface area contributed by atoms with Gasteiger partial charge in [0.25, 0.3) is 0 Å². The molecule has 0 aromatic heterocycles. The van der Waals surface area contributed by atoms with E-state index in [1.807, 2.05) is 26.0 Å². The highest BCUT2D eigenvalue weighted by Crippen LogP contribution is 2.14. The Morgan fingerprint density at radius 2 is 2.00 bits per heavy atom. The number of nitrogens with zero attached hydrogens (tertiary/aromatic N) is 3. The van der Waals surface area contributed by atoms with Gasteiger partial charge in [-0.25, -0.2) is 0 Å². The van der Waals surface area contributed by atoms with Crippen molar-refractivity contribution < 1.29 is 9.59 Å². The van der Waals surface area contributed by atoms with Crippen molar-refractivity contribution in [3.63, 3.8) is 0 Å². The molecule has 0 N–H and O–H groups in total. The first-order valence-corrected chi connectivity index (χ1v) is 8.07. The number of rotatable bonds is 5. The van der Waals surface area contributed by atoms with E-state index in [1.165, 1.54) is 0 Å². The van der Waals surface area contributed by atoms with Gasteiger partial charge in [0.15, 0.2) is 0 Å². The van der Waals surface area contributed by atoms with Crippen molar-refractivity contribution in [3.05, 3.63) is 35.4 Å². The van der Waals surface area contributed by atoms with Gasteiger partial charge in [-0.05, 0) is 44.4 Å². The molecular formula is C18H23N3O2. The Morgan fingerprint density at radius 1 is 1.30 bits per heavy atom. The molecular weight excluding hydrogens is 290 g/mol. The first-order chi connectivity index (χ1) is 11.0. The van der Waals surface area contributed by atoms with E-state index in [0.717, 1.165) is 18.4 Å². The quantitative estimate of drug-likeness (QED) is 0.838. The monoisotopic (exact) mass is 313 g/mol. The predicted molar refractivity (Wildman–Crippen MR) is 87.3 cm³/mol. The van der Waals surface area contributed by atoms with Crippen LogP contribution >= 0.6 is 0 Å². The lowest BCUT2D eigenvalue weighted by molar-refractivity contribution is -0.143. The van der Waals surface area contributed by atoms with E-state index in [0.29, 0.717) is 25.1 Å². The zero-order valence-electron chi connectivity index (χ0n) is 13.8. The molecule has 0 saturated carbocycles. The van der Waals surface area contributed by atoms with Gasteiger partial charge < -0.3 is 9.80 Å². The zero-order valence-corrected chi connectivity index (χ0v) is 13.8. The Labute approximate surface area is 137 Å². The fourth-order valence-electron chi connectivity index (χ4n) is 2.72. The number of nitriles is 1. The maximum absolute atomic E-state index is 12.6. The summed E-state index contributed by atoms with van der Waals surface area (Å²) in [6.45, 7) is 5.27. The van der Waals surface area contributed by atoms with Gasteiger partial charge in [0.1, 0.15) is 0 Å². The van der Waals surface area contributed by atoms with Crippen LogP contribution in [0.4, 0.5) is 0 Å². The number of benzene rings is 1. The summed E-state index contributed by atoms with van der Waals surface area (Å²) in [5, 5.41) is 8.84. The molecule has 1 aromatic carbocycles. The lowest BCUT2D eigenvalue weighted by Gasteiger charge is -2.32. The van der Waals surface area contributed by atoms with E-state index in [4.69, 9.17) is 5.26 Å². The SMILES string of the molecule is CC(C)N(Cc1ccc(C#N)cc1)C(=O)CN1CCCCC1=O. The van der Waals surface area contributed by atoms with Crippen molar-refractivity contribution in [1.29, 1.82) is 5.26 Å². The average molecular weight is 313 g/mol. The van der Waals surface area contributed by atoms with Crippen LogP contribution in [0.5, 0.6) is 0 Å². The minimum atomic E-state index is -0.0281. The van der Waals surface area contributed by atoms with Crippen LogP contribution < -0.4 is 0 Å². The van der Waals surface area contributed by atoms with Crippen molar-refractivity contribution in [2.75, 3.05) is 13.1 Å². The van der Waals surface area contributed by atoms with Gasteiger partial charge in [0.05, 0.1) is 18.2 Å². The van der Waals surface area contributed by atoms with Crippen molar-refractivity contribution in [2.24, 2.45) is 0 Å². The largest absolute Gasteiger partial charge is 0.334 e. The maximum Gasteiger partial charge on any atom is 0.242 e.